The molecule has 0 aliphatic heterocycles. The normalized spacial score (nSPS) is 12.2. The van der Waals surface area contributed by atoms with Crippen molar-refractivity contribution in [2.45, 2.75) is 6.16 Å². The van der Waals surface area contributed by atoms with E-state index in [-0.39, 0.29) is 10.7 Å². The Morgan fingerprint density at radius 2 is 2.20 bits per heavy atom. The zero-order chi connectivity index (χ0) is 14.3. The van der Waals surface area contributed by atoms with Crippen LogP contribution in [0.15, 0.2) is 18.3 Å². The van der Waals surface area contributed by atoms with Gasteiger partial charge >= 0.3 is 7.60 Å². The molecule has 3 rings (SSSR count). The molecule has 0 saturated carbocycles. The van der Waals surface area contributed by atoms with E-state index in [1.807, 2.05) is 0 Å². The summed E-state index contributed by atoms with van der Waals surface area (Å²) in [5, 5.41) is 13.4. The molecule has 0 saturated heterocycles. The zero-order valence-electron chi connectivity index (χ0n) is 9.80. The molecule has 0 fully saturated rings. The molecule has 0 radical (unpaired) electrons. The number of hydrogen-bond acceptors (Lipinski definition) is 5. The number of H-pyrrole nitrogens is 1. The molecular weight excluding hydrogens is 307 g/mol. The minimum Gasteiger partial charge on any atom is -0.324 e. The Kier molecular flexibility index (Phi) is 3.06. The predicted molar refractivity (Wildman–Crippen MR) is 69.1 cm³/mol. The van der Waals surface area contributed by atoms with Gasteiger partial charge in [0.2, 0.25) is 0 Å². The van der Waals surface area contributed by atoms with Gasteiger partial charge in [-0.15, -0.1) is 5.10 Å². The van der Waals surface area contributed by atoms with E-state index in [9.17, 15) is 4.57 Å². The smallest absolute Gasteiger partial charge is 0.324 e. The van der Waals surface area contributed by atoms with Gasteiger partial charge in [-0.2, -0.15) is 0 Å². The molecule has 0 atom stereocenters. The number of pyridine rings is 1. The molecule has 3 aromatic heterocycles. The topological polar surface area (TPSA) is 129 Å². The second kappa shape index (κ2) is 4.64. The molecule has 0 aliphatic rings. The van der Waals surface area contributed by atoms with Crippen molar-refractivity contribution in [2.24, 2.45) is 0 Å². The van der Waals surface area contributed by atoms with Gasteiger partial charge in [-0.1, -0.05) is 11.6 Å². The van der Waals surface area contributed by atoms with Gasteiger partial charge in [0.15, 0.2) is 5.82 Å². The van der Waals surface area contributed by atoms with Gasteiger partial charge in [0.25, 0.3) is 0 Å². The van der Waals surface area contributed by atoms with Crippen LogP contribution < -0.4 is 0 Å². The molecule has 3 heterocycles. The lowest BCUT2D eigenvalue weighted by Gasteiger charge is -2.08. The molecule has 104 valence electrons. The lowest BCUT2D eigenvalue weighted by atomic mass is 10.3. The van der Waals surface area contributed by atoms with Crippen LogP contribution >= 0.6 is 19.2 Å². The van der Waals surface area contributed by atoms with Crippen LogP contribution in [0, 0.1) is 0 Å². The summed E-state index contributed by atoms with van der Waals surface area (Å²) in [6.45, 7) is 0. The van der Waals surface area contributed by atoms with Crippen LogP contribution in [0.1, 0.15) is 5.69 Å². The highest BCUT2D eigenvalue weighted by molar-refractivity contribution is 7.50. The summed E-state index contributed by atoms with van der Waals surface area (Å²) in [5.41, 5.74) is 1.22. The summed E-state index contributed by atoms with van der Waals surface area (Å²) in [6, 6.07) is 3.18. The van der Waals surface area contributed by atoms with Crippen LogP contribution in [-0.2, 0) is 10.7 Å². The van der Waals surface area contributed by atoms with E-state index in [2.05, 4.69) is 25.6 Å². The molecule has 0 aromatic carbocycles. The Hall–Kier alpha value is -1.80. The maximum atomic E-state index is 11.2. The number of imidazole rings is 1. The molecule has 9 nitrogen and oxygen atoms in total. The second-order valence-electron chi connectivity index (χ2n) is 4.05. The standard InChI is InChI=1S/C9H8ClN6O3P/c10-5-1-2-8-11-6(9-12-14-15-13-9)3-16(8)7(5)4-20(17,18)19/h1-3H,4H2,(H2,17,18,19)(H,12,13,14,15). The summed E-state index contributed by atoms with van der Waals surface area (Å²) in [6.07, 6.45) is 1.09. The molecule has 20 heavy (non-hydrogen) atoms. The fourth-order valence-electron chi connectivity index (χ4n) is 1.82. The summed E-state index contributed by atoms with van der Waals surface area (Å²) in [4.78, 5) is 22.5. The van der Waals surface area contributed by atoms with E-state index in [0.29, 0.717) is 17.2 Å². The molecule has 0 amide bonds. The van der Waals surface area contributed by atoms with Crippen LogP contribution in [0.25, 0.3) is 17.2 Å². The number of aromatic amines is 1. The largest absolute Gasteiger partial charge is 0.331 e. The van der Waals surface area contributed by atoms with Gasteiger partial charge in [-0.3, -0.25) is 4.57 Å². The SMILES string of the molecule is O=P(O)(O)Cc1c(Cl)ccc2nc(-c3nnn[nH]3)cn12. The minimum absolute atomic E-state index is 0.250. The van der Waals surface area contributed by atoms with Gasteiger partial charge in [0.05, 0.1) is 16.9 Å². The van der Waals surface area contributed by atoms with E-state index >= 15 is 0 Å². The van der Waals surface area contributed by atoms with Gasteiger partial charge < -0.3 is 14.2 Å². The average Bonchev–Trinajstić information content (AvgIpc) is 2.99. The average molecular weight is 315 g/mol. The number of hydrogen-bond donors (Lipinski definition) is 3. The molecule has 0 spiro atoms. The van der Waals surface area contributed by atoms with Crippen LogP contribution in [0.4, 0.5) is 0 Å². The quantitative estimate of drug-likeness (QED) is 0.611. The van der Waals surface area contributed by atoms with Gasteiger partial charge in [0.1, 0.15) is 11.3 Å². The first-order valence-electron chi connectivity index (χ1n) is 5.39. The first-order valence-corrected chi connectivity index (χ1v) is 7.57. The maximum Gasteiger partial charge on any atom is 0.331 e. The monoisotopic (exact) mass is 314 g/mol. The fraction of sp³-hybridized carbons (Fsp3) is 0.111. The lowest BCUT2D eigenvalue weighted by Crippen LogP contribution is -1.98. The maximum absolute atomic E-state index is 11.2. The summed E-state index contributed by atoms with van der Waals surface area (Å²) in [5.74, 6) is 0.354. The zero-order valence-corrected chi connectivity index (χ0v) is 11.5. The van der Waals surface area contributed by atoms with E-state index < -0.39 is 13.8 Å². The number of nitrogens with zero attached hydrogens (tertiary/aromatic N) is 5. The van der Waals surface area contributed by atoms with E-state index in [0.717, 1.165) is 0 Å². The van der Waals surface area contributed by atoms with Crippen LogP contribution in [0.3, 0.4) is 0 Å². The van der Waals surface area contributed by atoms with Crippen molar-refractivity contribution in [3.8, 4) is 11.5 Å². The Balaban J connectivity index is 2.19. The fourth-order valence-corrected chi connectivity index (χ4v) is 2.84. The third-order valence-electron chi connectivity index (χ3n) is 2.62. The first kappa shape index (κ1) is 13.2. The highest BCUT2D eigenvalue weighted by Gasteiger charge is 2.20. The van der Waals surface area contributed by atoms with Gasteiger partial charge in [-0.05, 0) is 22.6 Å². The predicted octanol–water partition coefficient (Wildman–Crippen LogP) is 0.845. The number of tetrazole rings is 1. The van der Waals surface area contributed by atoms with E-state index in [1.165, 1.54) is 10.5 Å². The number of nitrogens with one attached hydrogen (secondary N) is 1. The molecule has 3 aromatic rings. The first-order chi connectivity index (χ1) is 9.44. The minimum atomic E-state index is -4.25. The molecule has 0 bridgehead atoms. The summed E-state index contributed by atoms with van der Waals surface area (Å²) < 4.78 is 12.7. The van der Waals surface area contributed by atoms with Crippen molar-refractivity contribution >= 4 is 24.8 Å². The summed E-state index contributed by atoms with van der Waals surface area (Å²) >= 11 is 6.00. The van der Waals surface area contributed by atoms with Crippen molar-refractivity contribution in [1.82, 2.24) is 30.0 Å². The number of fused-ring (bicyclic) bond motifs is 1. The van der Waals surface area contributed by atoms with Crippen molar-refractivity contribution in [3.05, 3.63) is 29.0 Å². The molecule has 11 heteroatoms. The van der Waals surface area contributed by atoms with E-state index in [4.69, 9.17) is 21.4 Å². The van der Waals surface area contributed by atoms with Crippen molar-refractivity contribution in [1.29, 1.82) is 0 Å². The molecule has 3 N–H and O–H groups in total. The van der Waals surface area contributed by atoms with Crippen molar-refractivity contribution in [2.75, 3.05) is 0 Å². The number of aromatic nitrogens is 6. The highest BCUT2D eigenvalue weighted by atomic mass is 35.5. The number of rotatable bonds is 3. The summed E-state index contributed by atoms with van der Waals surface area (Å²) in [7, 11) is -4.25. The second-order valence-corrected chi connectivity index (χ2v) is 6.11. The van der Waals surface area contributed by atoms with Crippen LogP contribution in [0.5, 0.6) is 0 Å². The van der Waals surface area contributed by atoms with E-state index in [1.54, 1.807) is 12.3 Å². The number of halogens is 1. The third-order valence-corrected chi connectivity index (χ3v) is 3.68. The Labute approximate surface area is 116 Å². The van der Waals surface area contributed by atoms with Crippen molar-refractivity contribution < 1.29 is 14.4 Å². The van der Waals surface area contributed by atoms with Gasteiger partial charge in [-0.25, -0.2) is 10.1 Å². The Bertz CT molecular complexity index is 811. The lowest BCUT2D eigenvalue weighted by molar-refractivity contribution is 0.371. The van der Waals surface area contributed by atoms with Crippen LogP contribution in [0.2, 0.25) is 5.02 Å². The third kappa shape index (κ3) is 2.44. The Morgan fingerprint density at radius 1 is 1.40 bits per heavy atom. The molecule has 0 unspecified atom stereocenters. The molecule has 0 aliphatic carbocycles. The molecular formula is C9H8ClN6O3P. The van der Waals surface area contributed by atoms with Crippen molar-refractivity contribution in [3.63, 3.8) is 0 Å². The highest BCUT2D eigenvalue weighted by Crippen LogP contribution is 2.41. The Morgan fingerprint density at radius 3 is 2.85 bits per heavy atom. The van der Waals surface area contributed by atoms with Gasteiger partial charge in [0, 0.05) is 6.20 Å². The van der Waals surface area contributed by atoms with Crippen LogP contribution in [-0.4, -0.2) is 39.8 Å².